The Labute approximate surface area is 130 Å². The van der Waals surface area contributed by atoms with Crippen LogP contribution in [0.15, 0.2) is 54.6 Å². The molecule has 3 heteroatoms. The number of halogens is 2. The zero-order valence-corrected chi connectivity index (χ0v) is 12.6. The van der Waals surface area contributed by atoms with Crippen molar-refractivity contribution in [2.24, 2.45) is 0 Å². The zero-order valence-electron chi connectivity index (χ0n) is 11.9. The average molecular weight is 304 g/mol. The Morgan fingerprint density at radius 1 is 1.05 bits per heavy atom. The Morgan fingerprint density at radius 3 is 2.43 bits per heavy atom. The van der Waals surface area contributed by atoms with Crippen molar-refractivity contribution < 1.29 is 4.39 Å². The van der Waals surface area contributed by atoms with Gasteiger partial charge in [0.15, 0.2) is 0 Å². The van der Waals surface area contributed by atoms with Gasteiger partial charge in [-0.3, -0.25) is 4.90 Å². The average Bonchev–Trinajstić information content (AvgIpc) is 2.50. The van der Waals surface area contributed by atoms with Gasteiger partial charge in [-0.05, 0) is 36.2 Å². The van der Waals surface area contributed by atoms with Crippen LogP contribution in [-0.2, 0) is 6.54 Å². The van der Waals surface area contributed by atoms with Gasteiger partial charge < -0.3 is 0 Å². The first-order chi connectivity index (χ1) is 10.2. The van der Waals surface area contributed by atoms with Crippen molar-refractivity contribution in [3.8, 4) is 0 Å². The van der Waals surface area contributed by atoms with Crippen LogP contribution in [0.25, 0.3) is 0 Å². The Morgan fingerprint density at radius 2 is 1.76 bits per heavy atom. The predicted molar refractivity (Wildman–Crippen MR) is 85.1 cm³/mol. The fourth-order valence-corrected chi connectivity index (χ4v) is 3.51. The first-order valence-corrected chi connectivity index (χ1v) is 7.82. The molecule has 1 fully saturated rings. The van der Waals surface area contributed by atoms with Gasteiger partial charge >= 0.3 is 0 Å². The van der Waals surface area contributed by atoms with Crippen molar-refractivity contribution >= 4 is 11.6 Å². The highest BCUT2D eigenvalue weighted by atomic mass is 35.5. The minimum absolute atomic E-state index is 0.0768. The molecule has 1 heterocycles. The lowest BCUT2D eigenvalue weighted by Crippen LogP contribution is -2.39. The quantitative estimate of drug-likeness (QED) is 0.759. The molecule has 0 unspecified atom stereocenters. The van der Waals surface area contributed by atoms with Crippen molar-refractivity contribution in [3.63, 3.8) is 0 Å². The number of likely N-dealkylation sites (tertiary alicyclic amines) is 1. The van der Waals surface area contributed by atoms with E-state index in [1.54, 1.807) is 0 Å². The van der Waals surface area contributed by atoms with E-state index in [1.165, 1.54) is 17.7 Å². The van der Waals surface area contributed by atoms with Crippen LogP contribution < -0.4 is 0 Å². The van der Waals surface area contributed by atoms with Crippen LogP contribution in [0.5, 0.6) is 0 Å². The van der Waals surface area contributed by atoms with Crippen molar-refractivity contribution in [2.45, 2.75) is 24.3 Å². The highest BCUT2D eigenvalue weighted by Gasteiger charge is 2.28. The molecule has 2 aromatic carbocycles. The Balaban J connectivity index is 1.63. The van der Waals surface area contributed by atoms with Gasteiger partial charge in [-0.25, -0.2) is 4.39 Å². The Kier molecular flexibility index (Phi) is 4.57. The summed E-state index contributed by atoms with van der Waals surface area (Å²) in [5.74, 6) is 0.130. The van der Waals surface area contributed by atoms with Crippen LogP contribution in [0, 0.1) is 5.82 Å². The molecule has 0 saturated carbocycles. The standard InChI is InChI=1S/C18H19ClFN/c19-18-13-21(12-14-4-2-1-3-5-14)11-10-17(18)15-6-8-16(20)9-7-15/h1-9,17-18H,10-13H2/t17-,18+/m0/s1. The van der Waals surface area contributed by atoms with Crippen LogP contribution in [0.3, 0.4) is 0 Å². The van der Waals surface area contributed by atoms with E-state index in [0.717, 1.165) is 31.6 Å². The predicted octanol–water partition coefficient (Wildman–Crippen LogP) is 4.42. The molecule has 2 atom stereocenters. The molecule has 1 aliphatic rings. The van der Waals surface area contributed by atoms with Gasteiger partial charge in [-0.1, -0.05) is 42.5 Å². The monoisotopic (exact) mass is 303 g/mol. The summed E-state index contributed by atoms with van der Waals surface area (Å²) in [4.78, 5) is 2.40. The first kappa shape index (κ1) is 14.6. The van der Waals surface area contributed by atoms with E-state index in [1.807, 2.05) is 18.2 Å². The highest BCUT2D eigenvalue weighted by Crippen LogP contribution is 2.32. The van der Waals surface area contributed by atoms with Crippen LogP contribution in [0.2, 0.25) is 0 Å². The number of alkyl halides is 1. The number of hydrogen-bond acceptors (Lipinski definition) is 1. The van der Waals surface area contributed by atoms with Gasteiger partial charge in [0.05, 0.1) is 5.38 Å². The molecule has 1 aliphatic heterocycles. The normalized spacial score (nSPS) is 23.1. The second-order valence-corrected chi connectivity index (χ2v) is 6.24. The molecule has 1 nitrogen and oxygen atoms in total. The molecule has 0 amide bonds. The fraction of sp³-hybridized carbons (Fsp3) is 0.333. The summed E-state index contributed by atoms with van der Waals surface area (Å²) in [7, 11) is 0. The first-order valence-electron chi connectivity index (χ1n) is 7.38. The lowest BCUT2D eigenvalue weighted by Gasteiger charge is -2.36. The summed E-state index contributed by atoms with van der Waals surface area (Å²) in [6, 6.07) is 17.2. The fourth-order valence-electron chi connectivity index (χ4n) is 3.04. The third-order valence-electron chi connectivity index (χ3n) is 4.17. The van der Waals surface area contributed by atoms with Crippen molar-refractivity contribution in [2.75, 3.05) is 13.1 Å². The van der Waals surface area contributed by atoms with E-state index in [2.05, 4.69) is 29.2 Å². The van der Waals surface area contributed by atoms with Gasteiger partial charge in [-0.15, -0.1) is 11.6 Å². The van der Waals surface area contributed by atoms with Crippen LogP contribution in [0.1, 0.15) is 23.5 Å². The van der Waals surface area contributed by atoms with E-state index < -0.39 is 0 Å². The minimum atomic E-state index is -0.189. The van der Waals surface area contributed by atoms with Crippen LogP contribution in [-0.4, -0.2) is 23.4 Å². The summed E-state index contributed by atoms with van der Waals surface area (Å²) < 4.78 is 13.0. The van der Waals surface area contributed by atoms with E-state index in [-0.39, 0.29) is 11.2 Å². The summed E-state index contributed by atoms with van der Waals surface area (Å²) in [5, 5.41) is 0.0768. The largest absolute Gasteiger partial charge is 0.298 e. The lowest BCUT2D eigenvalue weighted by molar-refractivity contribution is 0.208. The van der Waals surface area contributed by atoms with Crippen molar-refractivity contribution in [3.05, 3.63) is 71.5 Å². The summed E-state index contributed by atoms with van der Waals surface area (Å²) in [5.41, 5.74) is 2.47. The number of benzene rings is 2. The minimum Gasteiger partial charge on any atom is -0.298 e. The third-order valence-corrected chi connectivity index (χ3v) is 4.61. The van der Waals surface area contributed by atoms with Gasteiger partial charge in [0.25, 0.3) is 0 Å². The molecule has 0 aromatic heterocycles. The van der Waals surface area contributed by atoms with Gasteiger partial charge in [0, 0.05) is 19.0 Å². The van der Waals surface area contributed by atoms with Crippen molar-refractivity contribution in [1.29, 1.82) is 0 Å². The molecule has 0 spiro atoms. The molecule has 0 N–H and O–H groups in total. The smallest absolute Gasteiger partial charge is 0.123 e. The second-order valence-electron chi connectivity index (χ2n) is 5.68. The van der Waals surface area contributed by atoms with Gasteiger partial charge in [-0.2, -0.15) is 0 Å². The molecular formula is C18H19ClFN. The van der Waals surface area contributed by atoms with Crippen molar-refractivity contribution in [1.82, 2.24) is 4.90 Å². The van der Waals surface area contributed by atoms with Crippen LogP contribution in [0.4, 0.5) is 4.39 Å². The van der Waals surface area contributed by atoms with Crippen LogP contribution >= 0.6 is 11.6 Å². The maximum absolute atomic E-state index is 13.0. The molecular weight excluding hydrogens is 285 g/mol. The maximum atomic E-state index is 13.0. The SMILES string of the molecule is Fc1ccc([C@@H]2CCN(Cc3ccccc3)C[C@H]2Cl)cc1. The molecule has 0 bridgehead atoms. The molecule has 2 aromatic rings. The van der Waals surface area contributed by atoms with Gasteiger partial charge in [0.2, 0.25) is 0 Å². The van der Waals surface area contributed by atoms with E-state index in [0.29, 0.717) is 5.92 Å². The number of piperidine rings is 1. The third kappa shape index (κ3) is 3.63. The van der Waals surface area contributed by atoms with Gasteiger partial charge in [0.1, 0.15) is 5.82 Å². The summed E-state index contributed by atoms with van der Waals surface area (Å²) in [6.07, 6.45) is 1.02. The van der Waals surface area contributed by atoms with E-state index in [9.17, 15) is 4.39 Å². The number of rotatable bonds is 3. The topological polar surface area (TPSA) is 3.24 Å². The zero-order chi connectivity index (χ0) is 14.7. The molecule has 3 rings (SSSR count). The molecule has 0 radical (unpaired) electrons. The molecule has 1 saturated heterocycles. The number of hydrogen-bond donors (Lipinski definition) is 0. The highest BCUT2D eigenvalue weighted by molar-refractivity contribution is 6.21. The van der Waals surface area contributed by atoms with E-state index >= 15 is 0 Å². The van der Waals surface area contributed by atoms with E-state index in [4.69, 9.17) is 11.6 Å². The molecule has 0 aliphatic carbocycles. The molecule has 21 heavy (non-hydrogen) atoms. The summed E-state index contributed by atoms with van der Waals surface area (Å²) in [6.45, 7) is 2.85. The maximum Gasteiger partial charge on any atom is 0.123 e. The number of nitrogens with zero attached hydrogens (tertiary/aromatic N) is 1. The second kappa shape index (κ2) is 6.59. The Bertz CT molecular complexity index is 570. The summed E-state index contributed by atoms with van der Waals surface area (Å²) >= 11 is 6.58. The lowest BCUT2D eigenvalue weighted by atomic mass is 9.89. The Hall–Kier alpha value is -1.38. The molecule has 110 valence electrons.